The molecule has 0 amide bonds. The molecule has 1 aromatic heterocycles. The topological polar surface area (TPSA) is 84.0 Å². The highest BCUT2D eigenvalue weighted by Gasteiger charge is 2.21. The molecule has 0 bridgehead atoms. The Kier molecular flexibility index (Phi) is 6.94. The molecule has 23 heavy (non-hydrogen) atoms. The largest absolute Gasteiger partial charge is 0.461 e. The van der Waals surface area contributed by atoms with E-state index in [1.807, 2.05) is 0 Å². The maximum atomic E-state index is 11.9. The van der Waals surface area contributed by atoms with Crippen LogP contribution < -0.4 is 0 Å². The van der Waals surface area contributed by atoms with Crippen molar-refractivity contribution >= 4 is 23.3 Å². The van der Waals surface area contributed by atoms with Gasteiger partial charge in [-0.05, 0) is 26.7 Å². The molecule has 1 saturated heterocycles. The molecule has 7 nitrogen and oxygen atoms in total. The number of thiazole rings is 1. The molecule has 1 aromatic rings. The van der Waals surface area contributed by atoms with E-state index < -0.39 is 18.0 Å². The Labute approximate surface area is 138 Å². The summed E-state index contributed by atoms with van der Waals surface area (Å²) in [5, 5.41) is 1.91. The Morgan fingerprint density at radius 2 is 2.30 bits per heavy atom. The lowest BCUT2D eigenvalue weighted by Crippen LogP contribution is -2.27. The van der Waals surface area contributed by atoms with Crippen molar-refractivity contribution in [1.29, 1.82) is 0 Å². The number of carbonyl (C=O) groups excluding carboxylic acids is 2. The van der Waals surface area contributed by atoms with Gasteiger partial charge in [0.1, 0.15) is 6.61 Å². The second kappa shape index (κ2) is 8.95. The molecule has 1 aliphatic heterocycles. The van der Waals surface area contributed by atoms with Gasteiger partial charge in [-0.2, -0.15) is 0 Å². The Morgan fingerprint density at radius 3 is 3.00 bits per heavy atom. The van der Waals surface area contributed by atoms with E-state index in [0.29, 0.717) is 18.9 Å². The number of esters is 2. The second-order valence-electron chi connectivity index (χ2n) is 5.08. The van der Waals surface area contributed by atoms with Gasteiger partial charge in [0.05, 0.1) is 25.0 Å². The molecule has 0 aromatic carbocycles. The van der Waals surface area contributed by atoms with Crippen LogP contribution >= 0.6 is 11.3 Å². The SMILES string of the molecule is CCOC(=O)c1nc(COC(=O)C(C)OCC2CCCO2)cs1. The van der Waals surface area contributed by atoms with Crippen molar-refractivity contribution in [3.63, 3.8) is 0 Å². The fourth-order valence-electron chi connectivity index (χ4n) is 2.02. The lowest BCUT2D eigenvalue weighted by atomic mass is 10.2. The van der Waals surface area contributed by atoms with Crippen LogP contribution in [-0.2, 0) is 30.3 Å². The van der Waals surface area contributed by atoms with Crippen molar-refractivity contribution in [3.05, 3.63) is 16.1 Å². The summed E-state index contributed by atoms with van der Waals surface area (Å²) in [6.45, 7) is 4.80. The number of aromatic nitrogens is 1. The van der Waals surface area contributed by atoms with Crippen molar-refractivity contribution in [1.82, 2.24) is 4.98 Å². The van der Waals surface area contributed by atoms with Crippen LogP contribution in [0, 0.1) is 0 Å². The molecule has 2 atom stereocenters. The van der Waals surface area contributed by atoms with E-state index >= 15 is 0 Å². The molecular formula is C15H21NO6S. The summed E-state index contributed by atoms with van der Waals surface area (Å²) >= 11 is 1.16. The molecule has 1 fully saturated rings. The maximum absolute atomic E-state index is 11.9. The molecule has 8 heteroatoms. The molecule has 0 radical (unpaired) electrons. The fourth-order valence-corrected chi connectivity index (χ4v) is 2.71. The van der Waals surface area contributed by atoms with Gasteiger partial charge in [0.15, 0.2) is 6.10 Å². The van der Waals surface area contributed by atoms with Crippen LogP contribution in [0.15, 0.2) is 5.38 Å². The first-order chi connectivity index (χ1) is 11.1. The van der Waals surface area contributed by atoms with Crippen LogP contribution in [0.1, 0.15) is 42.2 Å². The normalized spacial score (nSPS) is 18.6. The monoisotopic (exact) mass is 343 g/mol. The summed E-state index contributed by atoms with van der Waals surface area (Å²) in [7, 11) is 0. The molecule has 0 saturated carbocycles. The van der Waals surface area contributed by atoms with Crippen LogP contribution in [0.2, 0.25) is 0 Å². The Hall–Kier alpha value is -1.51. The van der Waals surface area contributed by atoms with E-state index in [1.54, 1.807) is 19.2 Å². The minimum atomic E-state index is -0.664. The zero-order valence-corrected chi connectivity index (χ0v) is 14.1. The van der Waals surface area contributed by atoms with Gasteiger partial charge in [-0.1, -0.05) is 0 Å². The van der Waals surface area contributed by atoms with E-state index in [4.69, 9.17) is 18.9 Å². The molecule has 1 aliphatic rings. The average molecular weight is 343 g/mol. The zero-order valence-electron chi connectivity index (χ0n) is 13.3. The van der Waals surface area contributed by atoms with Crippen LogP contribution in [-0.4, -0.2) is 49.0 Å². The van der Waals surface area contributed by atoms with Crippen molar-refractivity contribution in [2.75, 3.05) is 19.8 Å². The van der Waals surface area contributed by atoms with Crippen molar-refractivity contribution in [2.24, 2.45) is 0 Å². The van der Waals surface area contributed by atoms with E-state index in [0.717, 1.165) is 30.8 Å². The minimum Gasteiger partial charge on any atom is -0.461 e. The lowest BCUT2D eigenvalue weighted by Gasteiger charge is -2.15. The highest BCUT2D eigenvalue weighted by molar-refractivity contribution is 7.11. The molecule has 0 spiro atoms. The molecular weight excluding hydrogens is 322 g/mol. The number of hydrogen-bond donors (Lipinski definition) is 0. The highest BCUT2D eigenvalue weighted by atomic mass is 32.1. The molecule has 0 aliphatic carbocycles. The molecule has 2 rings (SSSR count). The summed E-state index contributed by atoms with van der Waals surface area (Å²) in [5.74, 6) is -0.933. The summed E-state index contributed by atoms with van der Waals surface area (Å²) in [6.07, 6.45) is 1.38. The first-order valence-corrected chi connectivity index (χ1v) is 8.49. The van der Waals surface area contributed by atoms with Crippen LogP contribution in [0.5, 0.6) is 0 Å². The van der Waals surface area contributed by atoms with Gasteiger partial charge < -0.3 is 18.9 Å². The third kappa shape index (κ3) is 5.56. The van der Waals surface area contributed by atoms with E-state index in [1.165, 1.54) is 0 Å². The number of carbonyl (C=O) groups is 2. The first kappa shape index (κ1) is 17.8. The van der Waals surface area contributed by atoms with Gasteiger partial charge in [-0.25, -0.2) is 14.6 Å². The van der Waals surface area contributed by atoms with E-state index in [-0.39, 0.29) is 17.7 Å². The van der Waals surface area contributed by atoms with Gasteiger partial charge in [0.25, 0.3) is 0 Å². The summed E-state index contributed by atoms with van der Waals surface area (Å²) < 4.78 is 20.9. The van der Waals surface area contributed by atoms with Crippen molar-refractivity contribution in [2.45, 2.75) is 45.5 Å². The summed E-state index contributed by atoms with van der Waals surface area (Å²) in [5.41, 5.74) is 0.512. The second-order valence-corrected chi connectivity index (χ2v) is 5.94. The van der Waals surface area contributed by atoms with Crippen LogP contribution in [0.4, 0.5) is 0 Å². The molecule has 2 heterocycles. The van der Waals surface area contributed by atoms with Gasteiger partial charge in [-0.15, -0.1) is 11.3 Å². The smallest absolute Gasteiger partial charge is 0.367 e. The van der Waals surface area contributed by atoms with Crippen molar-refractivity contribution in [3.8, 4) is 0 Å². The van der Waals surface area contributed by atoms with Gasteiger partial charge >= 0.3 is 11.9 Å². The average Bonchev–Trinajstić information content (AvgIpc) is 3.21. The quantitative estimate of drug-likeness (QED) is 0.667. The summed E-state index contributed by atoms with van der Waals surface area (Å²) in [4.78, 5) is 27.4. The predicted octanol–water partition coefficient (Wildman–Crippen LogP) is 1.95. The summed E-state index contributed by atoms with van der Waals surface area (Å²) in [6, 6.07) is 0. The zero-order chi connectivity index (χ0) is 16.7. The van der Waals surface area contributed by atoms with E-state index in [9.17, 15) is 9.59 Å². The van der Waals surface area contributed by atoms with Gasteiger partial charge in [0.2, 0.25) is 5.01 Å². The van der Waals surface area contributed by atoms with Crippen LogP contribution in [0.3, 0.4) is 0 Å². The maximum Gasteiger partial charge on any atom is 0.367 e. The number of nitrogens with zero attached hydrogens (tertiary/aromatic N) is 1. The third-order valence-corrected chi connectivity index (χ3v) is 4.12. The molecule has 128 valence electrons. The number of rotatable bonds is 8. The lowest BCUT2D eigenvalue weighted by molar-refractivity contribution is -0.159. The standard InChI is InChI=1S/C15H21NO6S/c1-3-19-15(18)13-16-11(9-23-13)7-22-14(17)10(2)21-8-12-5-4-6-20-12/h9-10,12H,3-8H2,1-2H3. The Morgan fingerprint density at radius 1 is 1.48 bits per heavy atom. The molecule has 2 unspecified atom stereocenters. The highest BCUT2D eigenvalue weighted by Crippen LogP contribution is 2.14. The number of hydrogen-bond acceptors (Lipinski definition) is 8. The van der Waals surface area contributed by atoms with Gasteiger partial charge in [-0.3, -0.25) is 0 Å². The predicted molar refractivity (Wildman–Crippen MR) is 82.3 cm³/mol. The van der Waals surface area contributed by atoms with Crippen LogP contribution in [0.25, 0.3) is 0 Å². The Balaban J connectivity index is 1.71. The third-order valence-electron chi connectivity index (χ3n) is 3.25. The Bertz CT molecular complexity index is 526. The van der Waals surface area contributed by atoms with E-state index in [2.05, 4.69) is 4.98 Å². The van der Waals surface area contributed by atoms with Crippen molar-refractivity contribution < 1.29 is 28.5 Å². The number of ether oxygens (including phenoxy) is 4. The first-order valence-electron chi connectivity index (χ1n) is 7.61. The fraction of sp³-hybridized carbons (Fsp3) is 0.667. The minimum absolute atomic E-state index is 0.00235. The molecule has 0 N–H and O–H groups in total. The van der Waals surface area contributed by atoms with Gasteiger partial charge in [0, 0.05) is 12.0 Å².